The smallest absolute Gasteiger partial charge is 0.326 e. The van der Waals surface area contributed by atoms with E-state index in [1.165, 1.54) is 23.2 Å². The maximum atomic E-state index is 11.0. The van der Waals surface area contributed by atoms with Gasteiger partial charge in [-0.1, -0.05) is 0 Å². The van der Waals surface area contributed by atoms with Gasteiger partial charge in [0, 0.05) is 11.4 Å². The molecule has 18 heavy (non-hydrogen) atoms. The van der Waals surface area contributed by atoms with Crippen LogP contribution in [0.3, 0.4) is 0 Å². The Labute approximate surface area is 109 Å². The highest BCUT2D eigenvalue weighted by Crippen LogP contribution is 2.26. The Morgan fingerprint density at radius 1 is 1.39 bits per heavy atom. The zero-order valence-corrected chi connectivity index (χ0v) is 11.3. The van der Waals surface area contributed by atoms with E-state index < -0.39 is 18.0 Å². The van der Waals surface area contributed by atoms with Crippen molar-refractivity contribution in [3.8, 4) is 0 Å². The van der Waals surface area contributed by atoms with Crippen LogP contribution in [0.15, 0.2) is 0 Å². The number of rotatable bonds is 6. The molecule has 1 rings (SSSR count). The van der Waals surface area contributed by atoms with Crippen LogP contribution >= 0.6 is 11.3 Å². The van der Waals surface area contributed by atoms with E-state index in [4.69, 9.17) is 10.2 Å². The van der Waals surface area contributed by atoms with E-state index in [2.05, 4.69) is 4.98 Å². The van der Waals surface area contributed by atoms with Crippen LogP contribution in [0, 0.1) is 13.8 Å². The molecule has 0 aliphatic heterocycles. The summed E-state index contributed by atoms with van der Waals surface area (Å²) in [5.74, 6) is -1.95. The number of hydrogen-bond acceptors (Lipinski definition) is 5. The third-order valence-corrected chi connectivity index (χ3v) is 3.76. The van der Waals surface area contributed by atoms with Crippen molar-refractivity contribution in [2.45, 2.75) is 33.2 Å². The van der Waals surface area contributed by atoms with Gasteiger partial charge in [-0.3, -0.25) is 4.79 Å². The van der Waals surface area contributed by atoms with Crippen LogP contribution < -0.4 is 4.90 Å². The number of anilines is 1. The molecule has 0 saturated carbocycles. The predicted octanol–water partition coefficient (Wildman–Crippen LogP) is 1.51. The van der Waals surface area contributed by atoms with Crippen LogP contribution in [-0.2, 0) is 9.59 Å². The van der Waals surface area contributed by atoms with Gasteiger partial charge in [0.15, 0.2) is 5.13 Å². The molecule has 0 bridgehead atoms. The fraction of sp³-hybridized carbons (Fsp3) is 0.545. The molecule has 0 radical (unpaired) electrons. The third-order valence-electron chi connectivity index (χ3n) is 2.65. The van der Waals surface area contributed by atoms with Gasteiger partial charge < -0.3 is 15.1 Å². The van der Waals surface area contributed by atoms with Gasteiger partial charge in [0.05, 0.1) is 12.1 Å². The summed E-state index contributed by atoms with van der Waals surface area (Å²) >= 11 is 1.38. The van der Waals surface area contributed by atoms with Gasteiger partial charge in [0.25, 0.3) is 0 Å². The fourth-order valence-corrected chi connectivity index (χ4v) is 2.40. The fourth-order valence-electron chi connectivity index (χ4n) is 1.38. The van der Waals surface area contributed by atoms with Crippen molar-refractivity contribution in [1.29, 1.82) is 0 Å². The maximum Gasteiger partial charge on any atom is 0.326 e. The molecule has 1 aromatic rings. The Hall–Kier alpha value is -1.63. The summed E-state index contributed by atoms with van der Waals surface area (Å²) in [6.45, 7) is 5.40. The van der Waals surface area contributed by atoms with Crippen molar-refractivity contribution >= 4 is 28.4 Å². The monoisotopic (exact) mass is 272 g/mol. The van der Waals surface area contributed by atoms with Crippen molar-refractivity contribution in [1.82, 2.24) is 4.98 Å². The second kappa shape index (κ2) is 5.81. The first-order valence-electron chi connectivity index (χ1n) is 5.48. The molecular formula is C11H16N2O4S. The number of nitrogens with zero attached hydrogens (tertiary/aromatic N) is 2. The minimum Gasteiger partial charge on any atom is -0.481 e. The molecule has 0 spiro atoms. The van der Waals surface area contributed by atoms with Crippen LogP contribution in [0.5, 0.6) is 0 Å². The highest BCUT2D eigenvalue weighted by Gasteiger charge is 2.24. The number of carboxylic acid groups (broad SMARTS) is 2. The second-order valence-corrected chi connectivity index (χ2v) is 5.17. The molecule has 0 aliphatic rings. The lowest BCUT2D eigenvalue weighted by Crippen LogP contribution is -2.40. The Balaban J connectivity index is 2.95. The lowest BCUT2D eigenvalue weighted by atomic mass is 10.3. The Kier molecular flexibility index (Phi) is 4.66. The van der Waals surface area contributed by atoms with E-state index in [9.17, 15) is 9.59 Å². The number of aliphatic carboxylic acids is 2. The van der Waals surface area contributed by atoms with Crippen LogP contribution in [0.25, 0.3) is 0 Å². The summed E-state index contributed by atoms with van der Waals surface area (Å²) in [7, 11) is 0. The van der Waals surface area contributed by atoms with Crippen molar-refractivity contribution in [3.63, 3.8) is 0 Å². The SMILES string of the molecule is Cc1nc(N(CCC(=O)O)C(C)C(=O)O)sc1C. The molecule has 100 valence electrons. The van der Waals surface area contributed by atoms with Gasteiger partial charge in [-0.05, 0) is 20.8 Å². The average Bonchev–Trinajstić information content (AvgIpc) is 2.58. The molecule has 0 aliphatic carbocycles. The lowest BCUT2D eigenvalue weighted by molar-refractivity contribution is -0.139. The van der Waals surface area contributed by atoms with E-state index >= 15 is 0 Å². The second-order valence-electron chi connectivity index (χ2n) is 3.99. The first kappa shape index (κ1) is 14.4. The van der Waals surface area contributed by atoms with Crippen LogP contribution in [0.1, 0.15) is 23.9 Å². The molecular weight excluding hydrogens is 256 g/mol. The lowest BCUT2D eigenvalue weighted by Gasteiger charge is -2.25. The standard InChI is InChI=1S/C11H16N2O4S/c1-6-8(3)18-11(12-6)13(5-4-9(14)15)7(2)10(16)17/h7H,4-5H2,1-3H3,(H,14,15)(H,16,17). The first-order valence-corrected chi connectivity index (χ1v) is 6.30. The molecule has 0 amide bonds. The summed E-state index contributed by atoms with van der Waals surface area (Å²) in [5, 5.41) is 18.3. The topological polar surface area (TPSA) is 90.7 Å². The minimum absolute atomic E-state index is 0.116. The summed E-state index contributed by atoms with van der Waals surface area (Å²) in [6, 6.07) is -0.797. The number of aromatic nitrogens is 1. The van der Waals surface area contributed by atoms with Crippen molar-refractivity contribution in [2.75, 3.05) is 11.4 Å². The molecule has 0 aromatic carbocycles. The first-order chi connectivity index (χ1) is 8.32. The van der Waals surface area contributed by atoms with Crippen LogP contribution in [0.2, 0.25) is 0 Å². The Bertz CT molecular complexity index is 438. The summed E-state index contributed by atoms with van der Waals surface area (Å²) in [5.41, 5.74) is 0.841. The zero-order valence-electron chi connectivity index (χ0n) is 10.5. The average molecular weight is 272 g/mol. The van der Waals surface area contributed by atoms with E-state index in [1.807, 2.05) is 13.8 Å². The van der Waals surface area contributed by atoms with E-state index in [1.54, 1.807) is 0 Å². The molecule has 1 heterocycles. The number of carbonyl (C=O) groups is 2. The third kappa shape index (κ3) is 3.43. The van der Waals surface area contributed by atoms with Gasteiger partial charge >= 0.3 is 11.9 Å². The Morgan fingerprint density at radius 3 is 2.39 bits per heavy atom. The number of hydrogen-bond donors (Lipinski definition) is 2. The van der Waals surface area contributed by atoms with E-state index in [0.29, 0.717) is 5.13 Å². The van der Waals surface area contributed by atoms with Crippen molar-refractivity contribution in [2.24, 2.45) is 0 Å². The predicted molar refractivity (Wildman–Crippen MR) is 68.3 cm³/mol. The molecule has 0 saturated heterocycles. The van der Waals surface area contributed by atoms with Crippen LogP contribution in [0.4, 0.5) is 5.13 Å². The molecule has 1 aromatic heterocycles. The minimum atomic E-state index is -0.995. The zero-order chi connectivity index (χ0) is 13.9. The molecule has 2 N–H and O–H groups in total. The molecule has 0 fully saturated rings. The maximum absolute atomic E-state index is 11.0. The van der Waals surface area contributed by atoms with Gasteiger partial charge in [-0.25, -0.2) is 9.78 Å². The molecule has 6 nitrogen and oxygen atoms in total. The van der Waals surface area contributed by atoms with Gasteiger partial charge in [0.2, 0.25) is 0 Å². The number of aryl methyl sites for hydroxylation is 2. The van der Waals surface area contributed by atoms with Crippen molar-refractivity contribution in [3.05, 3.63) is 10.6 Å². The normalized spacial score (nSPS) is 12.2. The van der Waals surface area contributed by atoms with Gasteiger partial charge in [-0.15, -0.1) is 11.3 Å². The number of thiazole rings is 1. The molecule has 1 atom stereocenters. The Morgan fingerprint density at radius 2 is 2.00 bits per heavy atom. The van der Waals surface area contributed by atoms with Crippen molar-refractivity contribution < 1.29 is 19.8 Å². The summed E-state index contributed by atoms with van der Waals surface area (Å²) in [4.78, 5) is 28.4. The van der Waals surface area contributed by atoms with Gasteiger partial charge in [0.1, 0.15) is 6.04 Å². The van der Waals surface area contributed by atoms with Crippen LogP contribution in [-0.4, -0.2) is 39.7 Å². The quantitative estimate of drug-likeness (QED) is 0.815. The molecule has 1 unspecified atom stereocenters. The van der Waals surface area contributed by atoms with E-state index in [-0.39, 0.29) is 13.0 Å². The van der Waals surface area contributed by atoms with E-state index in [0.717, 1.165) is 10.6 Å². The summed E-state index contributed by atoms with van der Waals surface area (Å²) < 4.78 is 0. The highest BCUT2D eigenvalue weighted by atomic mass is 32.1. The summed E-state index contributed by atoms with van der Waals surface area (Å²) in [6.07, 6.45) is -0.116. The molecule has 7 heteroatoms. The highest BCUT2D eigenvalue weighted by molar-refractivity contribution is 7.15. The largest absolute Gasteiger partial charge is 0.481 e. The van der Waals surface area contributed by atoms with Gasteiger partial charge in [-0.2, -0.15) is 0 Å². The number of carboxylic acids is 2.